The monoisotopic (exact) mass is 427 g/mol. The maximum Gasteiger partial charge on any atom is 0.254 e. The molecule has 1 N–H and O–H groups in total. The van der Waals surface area contributed by atoms with Gasteiger partial charge in [0.15, 0.2) is 0 Å². The van der Waals surface area contributed by atoms with Gasteiger partial charge < -0.3 is 10.0 Å². The standard InChI is InChI=1S/C27H29N3O2/c31-19-25-26(22-10-8-21(9-11-22)20-6-2-1-3-7-20)24-18-29(16-4-5-17-30(24)25)27(32)23-12-14-28-15-13-23/h1-3,6-15,24-26,31H,4-5,16-19H2/t24-,25+,26+/m0/s1. The van der Waals surface area contributed by atoms with Gasteiger partial charge >= 0.3 is 0 Å². The Morgan fingerprint density at radius 1 is 0.906 bits per heavy atom. The molecule has 5 rings (SSSR count). The fourth-order valence-electron chi connectivity index (χ4n) is 5.33. The smallest absolute Gasteiger partial charge is 0.254 e. The molecule has 1 aromatic heterocycles. The normalized spacial score (nSPS) is 23.5. The van der Waals surface area contributed by atoms with Crippen LogP contribution in [0.2, 0.25) is 0 Å². The number of carbonyl (C=O) groups is 1. The number of carbonyl (C=O) groups excluding carboxylic acids is 1. The van der Waals surface area contributed by atoms with Crippen molar-refractivity contribution in [1.82, 2.24) is 14.8 Å². The molecule has 164 valence electrons. The molecule has 2 aliphatic heterocycles. The summed E-state index contributed by atoms with van der Waals surface area (Å²) in [6.45, 7) is 2.57. The topological polar surface area (TPSA) is 56.7 Å². The van der Waals surface area contributed by atoms with E-state index in [4.69, 9.17) is 0 Å². The average molecular weight is 428 g/mol. The number of rotatable bonds is 4. The molecule has 1 amide bonds. The molecule has 3 heterocycles. The van der Waals surface area contributed by atoms with Gasteiger partial charge in [-0.2, -0.15) is 0 Å². The molecule has 5 nitrogen and oxygen atoms in total. The predicted octanol–water partition coefficient (Wildman–Crippen LogP) is 3.81. The number of hydrogen-bond donors (Lipinski definition) is 1. The molecule has 5 heteroatoms. The van der Waals surface area contributed by atoms with Crippen LogP contribution in [0.1, 0.15) is 34.7 Å². The second kappa shape index (κ2) is 9.23. The van der Waals surface area contributed by atoms with Crippen molar-refractivity contribution >= 4 is 5.91 Å². The lowest BCUT2D eigenvalue weighted by atomic mass is 9.74. The maximum absolute atomic E-state index is 13.2. The van der Waals surface area contributed by atoms with Crippen molar-refractivity contribution in [3.05, 3.63) is 90.3 Å². The number of aliphatic hydroxyl groups excluding tert-OH is 1. The molecule has 0 saturated carbocycles. The number of fused-ring (bicyclic) bond motifs is 1. The first-order valence-electron chi connectivity index (χ1n) is 11.5. The van der Waals surface area contributed by atoms with Gasteiger partial charge in [0.25, 0.3) is 5.91 Å². The van der Waals surface area contributed by atoms with Crippen LogP contribution >= 0.6 is 0 Å². The SMILES string of the molecule is O=C(c1ccncc1)N1CCCCN2[C@H](CO)[C@H](c3ccc(-c4ccccc4)cc3)[C@@H]2C1. The first kappa shape index (κ1) is 20.9. The van der Waals surface area contributed by atoms with Crippen LogP contribution in [0.3, 0.4) is 0 Å². The van der Waals surface area contributed by atoms with E-state index >= 15 is 0 Å². The van der Waals surface area contributed by atoms with Crippen molar-refractivity contribution in [3.63, 3.8) is 0 Å². The van der Waals surface area contributed by atoms with Gasteiger partial charge in [-0.05, 0) is 48.2 Å². The lowest BCUT2D eigenvalue weighted by Crippen LogP contribution is -2.67. The van der Waals surface area contributed by atoms with Gasteiger partial charge in [0, 0.05) is 49.0 Å². The molecule has 2 aromatic carbocycles. The summed E-state index contributed by atoms with van der Waals surface area (Å²) in [5.41, 5.74) is 4.32. The highest BCUT2D eigenvalue weighted by Crippen LogP contribution is 2.42. The number of hydrogen-bond acceptors (Lipinski definition) is 4. The number of aromatic nitrogens is 1. The van der Waals surface area contributed by atoms with E-state index < -0.39 is 0 Å². The average Bonchev–Trinajstić information content (AvgIpc) is 2.84. The summed E-state index contributed by atoms with van der Waals surface area (Å²) in [6, 6.07) is 23.0. The minimum Gasteiger partial charge on any atom is -0.395 e. The Morgan fingerprint density at radius 3 is 2.31 bits per heavy atom. The Kier molecular flexibility index (Phi) is 6.02. The van der Waals surface area contributed by atoms with E-state index in [1.807, 2.05) is 11.0 Å². The van der Waals surface area contributed by atoms with Crippen LogP contribution in [0, 0.1) is 0 Å². The third-order valence-corrected chi connectivity index (χ3v) is 6.99. The highest BCUT2D eigenvalue weighted by molar-refractivity contribution is 5.94. The number of aliphatic hydroxyl groups is 1. The van der Waals surface area contributed by atoms with Gasteiger partial charge in [-0.1, -0.05) is 54.6 Å². The molecule has 3 atom stereocenters. The van der Waals surface area contributed by atoms with Gasteiger partial charge in [-0.15, -0.1) is 0 Å². The van der Waals surface area contributed by atoms with Crippen molar-refractivity contribution in [2.45, 2.75) is 30.8 Å². The summed E-state index contributed by atoms with van der Waals surface area (Å²) in [6.07, 6.45) is 5.36. The van der Waals surface area contributed by atoms with Crippen molar-refractivity contribution in [3.8, 4) is 11.1 Å². The molecule has 0 bridgehead atoms. The number of amides is 1. The van der Waals surface area contributed by atoms with E-state index in [-0.39, 0.29) is 30.5 Å². The summed E-state index contributed by atoms with van der Waals surface area (Å²) < 4.78 is 0. The molecule has 2 fully saturated rings. The molecule has 2 aliphatic rings. The van der Waals surface area contributed by atoms with E-state index in [2.05, 4.69) is 58.4 Å². The second-order valence-electron chi connectivity index (χ2n) is 8.76. The molecule has 3 aromatic rings. The zero-order chi connectivity index (χ0) is 21.9. The molecule has 0 aliphatic carbocycles. The highest BCUT2D eigenvalue weighted by atomic mass is 16.3. The molecule has 2 saturated heterocycles. The summed E-state index contributed by atoms with van der Waals surface area (Å²) in [4.78, 5) is 21.6. The quantitative estimate of drug-likeness (QED) is 0.688. The van der Waals surface area contributed by atoms with E-state index in [0.717, 1.165) is 25.9 Å². The summed E-state index contributed by atoms with van der Waals surface area (Å²) in [7, 11) is 0. The van der Waals surface area contributed by atoms with Crippen molar-refractivity contribution in [2.75, 3.05) is 26.2 Å². The second-order valence-corrected chi connectivity index (χ2v) is 8.76. The molecular formula is C27H29N3O2. The fraction of sp³-hybridized carbons (Fsp3) is 0.333. The van der Waals surface area contributed by atoms with Crippen molar-refractivity contribution < 1.29 is 9.90 Å². The Labute approximate surface area is 189 Å². The third kappa shape index (κ3) is 3.94. The molecule has 0 unspecified atom stereocenters. The fourth-order valence-corrected chi connectivity index (χ4v) is 5.33. The number of benzene rings is 2. The van der Waals surface area contributed by atoms with Gasteiger partial charge in [0.05, 0.1) is 6.61 Å². The van der Waals surface area contributed by atoms with Crippen LogP contribution in [0.25, 0.3) is 11.1 Å². The zero-order valence-corrected chi connectivity index (χ0v) is 18.2. The lowest BCUT2D eigenvalue weighted by Gasteiger charge is -2.57. The zero-order valence-electron chi connectivity index (χ0n) is 18.2. The molecule has 32 heavy (non-hydrogen) atoms. The first-order valence-corrected chi connectivity index (χ1v) is 11.5. The molecule has 0 radical (unpaired) electrons. The Bertz CT molecular complexity index is 1040. The van der Waals surface area contributed by atoms with Crippen LogP contribution in [0.5, 0.6) is 0 Å². The third-order valence-electron chi connectivity index (χ3n) is 6.99. The Balaban J connectivity index is 1.39. The van der Waals surface area contributed by atoms with E-state index in [0.29, 0.717) is 12.1 Å². The minimum absolute atomic E-state index is 0.0693. The van der Waals surface area contributed by atoms with Crippen LogP contribution < -0.4 is 0 Å². The molecule has 0 spiro atoms. The van der Waals surface area contributed by atoms with E-state index in [1.54, 1.807) is 24.5 Å². The maximum atomic E-state index is 13.2. The highest BCUT2D eigenvalue weighted by Gasteiger charge is 2.49. The Hall–Kier alpha value is -3.02. The van der Waals surface area contributed by atoms with Crippen LogP contribution in [0.15, 0.2) is 79.1 Å². The largest absolute Gasteiger partial charge is 0.395 e. The summed E-state index contributed by atoms with van der Waals surface area (Å²) in [5, 5.41) is 10.2. The van der Waals surface area contributed by atoms with E-state index in [1.165, 1.54) is 16.7 Å². The van der Waals surface area contributed by atoms with Crippen LogP contribution in [-0.4, -0.2) is 64.1 Å². The summed E-state index contributed by atoms with van der Waals surface area (Å²) in [5.74, 6) is 0.288. The number of pyridine rings is 1. The van der Waals surface area contributed by atoms with Gasteiger partial charge in [-0.3, -0.25) is 14.7 Å². The van der Waals surface area contributed by atoms with Gasteiger partial charge in [0.2, 0.25) is 0 Å². The lowest BCUT2D eigenvalue weighted by molar-refractivity contribution is -0.0606. The minimum atomic E-state index is 0.0693. The van der Waals surface area contributed by atoms with Crippen LogP contribution in [0.4, 0.5) is 0 Å². The molecular weight excluding hydrogens is 398 g/mol. The van der Waals surface area contributed by atoms with Gasteiger partial charge in [0.1, 0.15) is 0 Å². The van der Waals surface area contributed by atoms with Crippen molar-refractivity contribution in [1.29, 1.82) is 0 Å². The van der Waals surface area contributed by atoms with Crippen LogP contribution in [-0.2, 0) is 0 Å². The Morgan fingerprint density at radius 2 is 1.59 bits per heavy atom. The number of nitrogens with zero attached hydrogens (tertiary/aromatic N) is 3. The van der Waals surface area contributed by atoms with Crippen molar-refractivity contribution in [2.24, 2.45) is 0 Å². The first-order chi connectivity index (χ1) is 15.8. The van der Waals surface area contributed by atoms with Gasteiger partial charge in [-0.25, -0.2) is 0 Å². The van der Waals surface area contributed by atoms with E-state index in [9.17, 15) is 9.90 Å². The predicted molar refractivity (Wildman–Crippen MR) is 125 cm³/mol. The summed E-state index contributed by atoms with van der Waals surface area (Å²) >= 11 is 0.